The molecule has 1 saturated heterocycles. The second kappa shape index (κ2) is 6.02. The van der Waals surface area contributed by atoms with Gasteiger partial charge in [0.05, 0.1) is 5.60 Å². The highest BCUT2D eigenvalue weighted by molar-refractivity contribution is 6.00. The largest absolute Gasteiger partial charge is 0.386 e. The first-order valence-corrected chi connectivity index (χ1v) is 6.48. The minimum Gasteiger partial charge on any atom is -0.386 e. The van der Waals surface area contributed by atoms with Crippen LogP contribution in [-0.2, 0) is 9.59 Å². The molecule has 5 heteroatoms. The van der Waals surface area contributed by atoms with E-state index >= 15 is 0 Å². The number of imide groups is 1. The number of piperidine rings is 1. The lowest BCUT2D eigenvalue weighted by atomic mass is 9.95. The minimum atomic E-state index is -1.06. The molecule has 1 rings (SSSR count). The normalized spacial score (nSPS) is 21.1. The summed E-state index contributed by atoms with van der Waals surface area (Å²) in [6.45, 7) is 9.12. The molecule has 0 aromatic heterocycles. The summed E-state index contributed by atoms with van der Waals surface area (Å²) < 4.78 is 0. The standard InChI is InChI=1S/C14H22N2O3/c1-5-6-10(9(2)14(3,4)19)15-11-7-8-12(17)16-13(11)18/h6,11,15,19H,2,5,7-8H2,1,3-4H3,(H,16,17,18)/b10-6+. The fourth-order valence-corrected chi connectivity index (χ4v) is 1.82. The Kier molecular flexibility index (Phi) is 4.89. The molecular weight excluding hydrogens is 244 g/mol. The predicted molar refractivity (Wildman–Crippen MR) is 73.1 cm³/mol. The third-order valence-corrected chi connectivity index (χ3v) is 3.04. The monoisotopic (exact) mass is 266 g/mol. The molecule has 2 amide bonds. The van der Waals surface area contributed by atoms with Crippen molar-refractivity contribution in [3.8, 4) is 0 Å². The Labute approximate surface area is 113 Å². The van der Waals surface area contributed by atoms with Gasteiger partial charge in [0.1, 0.15) is 6.04 Å². The fourth-order valence-electron chi connectivity index (χ4n) is 1.82. The van der Waals surface area contributed by atoms with Crippen molar-refractivity contribution in [3.05, 3.63) is 23.9 Å². The summed E-state index contributed by atoms with van der Waals surface area (Å²) in [5, 5.41) is 15.4. The van der Waals surface area contributed by atoms with E-state index in [9.17, 15) is 14.7 Å². The second-order valence-electron chi connectivity index (χ2n) is 5.21. The zero-order valence-electron chi connectivity index (χ0n) is 11.7. The molecule has 0 aliphatic carbocycles. The fraction of sp³-hybridized carbons (Fsp3) is 0.571. The Hall–Kier alpha value is -1.62. The van der Waals surface area contributed by atoms with Crippen LogP contribution in [0.4, 0.5) is 0 Å². The summed E-state index contributed by atoms with van der Waals surface area (Å²) in [7, 11) is 0. The summed E-state index contributed by atoms with van der Waals surface area (Å²) in [5.41, 5.74) is 0.123. The molecule has 1 heterocycles. The van der Waals surface area contributed by atoms with Crippen molar-refractivity contribution in [2.45, 2.75) is 51.7 Å². The Morgan fingerprint density at radius 2 is 2.21 bits per heavy atom. The number of rotatable bonds is 5. The molecule has 1 fully saturated rings. The van der Waals surface area contributed by atoms with Crippen molar-refractivity contribution in [1.29, 1.82) is 0 Å². The highest BCUT2D eigenvalue weighted by Crippen LogP contribution is 2.21. The molecule has 1 aliphatic rings. The molecular formula is C14H22N2O3. The number of hydrogen-bond acceptors (Lipinski definition) is 4. The molecule has 5 nitrogen and oxygen atoms in total. The highest BCUT2D eigenvalue weighted by atomic mass is 16.3. The van der Waals surface area contributed by atoms with Gasteiger partial charge in [0.2, 0.25) is 11.8 Å². The van der Waals surface area contributed by atoms with Crippen molar-refractivity contribution >= 4 is 11.8 Å². The van der Waals surface area contributed by atoms with E-state index in [0.29, 0.717) is 24.1 Å². The average molecular weight is 266 g/mol. The Balaban J connectivity index is 2.81. The zero-order chi connectivity index (χ0) is 14.6. The van der Waals surface area contributed by atoms with E-state index in [0.717, 1.165) is 6.42 Å². The van der Waals surface area contributed by atoms with Crippen LogP contribution in [-0.4, -0.2) is 28.6 Å². The van der Waals surface area contributed by atoms with Gasteiger partial charge in [0, 0.05) is 12.1 Å². The first-order valence-electron chi connectivity index (χ1n) is 6.48. The number of carbonyl (C=O) groups is 2. The number of hydrogen-bond donors (Lipinski definition) is 3. The van der Waals surface area contributed by atoms with E-state index in [2.05, 4.69) is 17.2 Å². The van der Waals surface area contributed by atoms with Crippen LogP contribution in [0.5, 0.6) is 0 Å². The van der Waals surface area contributed by atoms with E-state index in [1.165, 1.54) is 0 Å². The number of allylic oxidation sites excluding steroid dienone is 1. The molecule has 1 atom stereocenters. The van der Waals surface area contributed by atoms with Gasteiger partial charge in [-0.15, -0.1) is 0 Å². The minimum absolute atomic E-state index is 0.245. The number of nitrogens with one attached hydrogen (secondary N) is 2. The third-order valence-electron chi connectivity index (χ3n) is 3.04. The van der Waals surface area contributed by atoms with Crippen LogP contribution in [0.15, 0.2) is 23.9 Å². The van der Waals surface area contributed by atoms with Crippen LogP contribution in [0.3, 0.4) is 0 Å². The SMILES string of the molecule is C=C(/C(=C\CC)NC1CCC(=O)NC1=O)C(C)(C)O. The van der Waals surface area contributed by atoms with Crippen LogP contribution in [0.1, 0.15) is 40.0 Å². The summed E-state index contributed by atoms with van der Waals surface area (Å²) in [5.74, 6) is -0.577. The molecule has 19 heavy (non-hydrogen) atoms. The van der Waals surface area contributed by atoms with E-state index in [-0.39, 0.29) is 11.8 Å². The molecule has 1 unspecified atom stereocenters. The molecule has 106 valence electrons. The predicted octanol–water partition coefficient (Wildman–Crippen LogP) is 1.00. The maximum Gasteiger partial charge on any atom is 0.249 e. The molecule has 3 N–H and O–H groups in total. The van der Waals surface area contributed by atoms with Gasteiger partial charge >= 0.3 is 0 Å². The van der Waals surface area contributed by atoms with E-state index < -0.39 is 11.6 Å². The summed E-state index contributed by atoms with van der Waals surface area (Å²) in [6.07, 6.45) is 3.40. The molecule has 0 saturated carbocycles. The quantitative estimate of drug-likeness (QED) is 0.512. The Morgan fingerprint density at radius 1 is 1.58 bits per heavy atom. The van der Waals surface area contributed by atoms with Crippen LogP contribution < -0.4 is 10.6 Å². The van der Waals surface area contributed by atoms with Crippen LogP contribution in [0.25, 0.3) is 0 Å². The van der Waals surface area contributed by atoms with E-state index in [1.54, 1.807) is 13.8 Å². The van der Waals surface area contributed by atoms with Crippen molar-refractivity contribution in [3.63, 3.8) is 0 Å². The van der Waals surface area contributed by atoms with Crippen molar-refractivity contribution < 1.29 is 14.7 Å². The van der Waals surface area contributed by atoms with Gasteiger partial charge in [-0.1, -0.05) is 19.6 Å². The maximum atomic E-state index is 11.7. The molecule has 0 spiro atoms. The van der Waals surface area contributed by atoms with Gasteiger partial charge in [-0.25, -0.2) is 0 Å². The molecule has 0 aromatic carbocycles. The summed E-state index contributed by atoms with van der Waals surface area (Å²) in [4.78, 5) is 22.8. The van der Waals surface area contributed by atoms with Gasteiger partial charge in [0.25, 0.3) is 0 Å². The van der Waals surface area contributed by atoms with Crippen LogP contribution in [0, 0.1) is 0 Å². The number of aliphatic hydroxyl groups is 1. The number of amides is 2. The van der Waals surface area contributed by atoms with Crippen molar-refractivity contribution in [2.24, 2.45) is 0 Å². The molecule has 1 aliphatic heterocycles. The second-order valence-corrected chi connectivity index (χ2v) is 5.21. The lowest BCUT2D eigenvalue weighted by molar-refractivity contribution is -0.134. The van der Waals surface area contributed by atoms with Gasteiger partial charge in [-0.05, 0) is 32.3 Å². The first kappa shape index (κ1) is 15.4. The molecule has 0 radical (unpaired) electrons. The number of carbonyl (C=O) groups excluding carboxylic acids is 2. The van der Waals surface area contributed by atoms with E-state index in [1.807, 2.05) is 13.0 Å². The Bertz CT molecular complexity index is 419. The summed E-state index contributed by atoms with van der Waals surface area (Å²) >= 11 is 0. The lowest BCUT2D eigenvalue weighted by Gasteiger charge is -2.29. The Morgan fingerprint density at radius 3 is 2.68 bits per heavy atom. The molecule has 0 aromatic rings. The van der Waals surface area contributed by atoms with Gasteiger partial charge < -0.3 is 10.4 Å². The van der Waals surface area contributed by atoms with Gasteiger partial charge in [0.15, 0.2) is 0 Å². The van der Waals surface area contributed by atoms with Crippen LogP contribution >= 0.6 is 0 Å². The van der Waals surface area contributed by atoms with Gasteiger partial charge in [-0.2, -0.15) is 0 Å². The maximum absolute atomic E-state index is 11.7. The smallest absolute Gasteiger partial charge is 0.249 e. The third kappa shape index (κ3) is 4.21. The van der Waals surface area contributed by atoms with Crippen molar-refractivity contribution in [1.82, 2.24) is 10.6 Å². The van der Waals surface area contributed by atoms with E-state index in [4.69, 9.17) is 0 Å². The van der Waals surface area contributed by atoms with Gasteiger partial charge in [-0.3, -0.25) is 14.9 Å². The first-order chi connectivity index (χ1) is 8.75. The zero-order valence-corrected chi connectivity index (χ0v) is 11.7. The average Bonchev–Trinajstić information content (AvgIpc) is 2.29. The molecule has 0 bridgehead atoms. The topological polar surface area (TPSA) is 78.4 Å². The van der Waals surface area contributed by atoms with Crippen molar-refractivity contribution in [2.75, 3.05) is 0 Å². The van der Waals surface area contributed by atoms with Crippen LogP contribution in [0.2, 0.25) is 0 Å². The highest BCUT2D eigenvalue weighted by Gasteiger charge is 2.29. The lowest BCUT2D eigenvalue weighted by Crippen LogP contribution is -2.51. The summed E-state index contributed by atoms with van der Waals surface area (Å²) in [6, 6.07) is -0.463.